The number of carbonyl (C=O) groups excluding carboxylic acids is 1. The van der Waals surface area contributed by atoms with Crippen molar-refractivity contribution >= 4 is 17.5 Å². The molecule has 0 aliphatic carbocycles. The first-order valence-corrected chi connectivity index (χ1v) is 9.42. The zero-order valence-electron chi connectivity index (χ0n) is 15.9. The van der Waals surface area contributed by atoms with Crippen molar-refractivity contribution in [1.29, 1.82) is 0 Å². The Morgan fingerprint density at radius 3 is 2.57 bits per heavy atom. The van der Waals surface area contributed by atoms with E-state index in [1.54, 1.807) is 12.1 Å². The monoisotopic (exact) mass is 405 g/mol. The van der Waals surface area contributed by atoms with Crippen LogP contribution in [-0.2, 0) is 12.8 Å². The van der Waals surface area contributed by atoms with Crippen molar-refractivity contribution in [3.05, 3.63) is 58.1 Å². The SMILES string of the molecule is COc1cc(C(=O)NC(CO)CO)cc2c1O[C@](C)(Cc1ccc(Cl)cc1)C2. The highest BCUT2D eigenvalue weighted by Gasteiger charge is 2.37. The molecule has 6 nitrogen and oxygen atoms in total. The maximum absolute atomic E-state index is 12.5. The summed E-state index contributed by atoms with van der Waals surface area (Å²) in [7, 11) is 1.53. The number of carbonyl (C=O) groups is 1. The van der Waals surface area contributed by atoms with Crippen LogP contribution in [0.15, 0.2) is 36.4 Å². The summed E-state index contributed by atoms with van der Waals surface area (Å²) >= 11 is 5.96. The molecule has 3 N–H and O–H groups in total. The average molecular weight is 406 g/mol. The van der Waals surface area contributed by atoms with Crippen LogP contribution < -0.4 is 14.8 Å². The van der Waals surface area contributed by atoms with Gasteiger partial charge in [-0.25, -0.2) is 0 Å². The number of methoxy groups -OCH3 is 1. The van der Waals surface area contributed by atoms with E-state index in [0.29, 0.717) is 34.9 Å². The van der Waals surface area contributed by atoms with Gasteiger partial charge in [0.15, 0.2) is 11.5 Å². The summed E-state index contributed by atoms with van der Waals surface area (Å²) in [4.78, 5) is 12.5. The minimum absolute atomic E-state index is 0.341. The van der Waals surface area contributed by atoms with Crippen molar-refractivity contribution in [2.45, 2.75) is 31.4 Å². The average Bonchev–Trinajstić information content (AvgIpc) is 3.02. The fourth-order valence-electron chi connectivity index (χ4n) is 3.43. The van der Waals surface area contributed by atoms with Gasteiger partial charge in [0.25, 0.3) is 5.91 Å². The summed E-state index contributed by atoms with van der Waals surface area (Å²) in [5.41, 5.74) is 1.90. The van der Waals surface area contributed by atoms with Crippen LogP contribution >= 0.6 is 11.6 Å². The molecule has 0 aromatic heterocycles. The fraction of sp³-hybridized carbons (Fsp3) is 0.381. The Morgan fingerprint density at radius 1 is 1.29 bits per heavy atom. The second-order valence-corrected chi connectivity index (χ2v) is 7.67. The van der Waals surface area contributed by atoms with Gasteiger partial charge in [-0.3, -0.25) is 4.79 Å². The molecule has 1 heterocycles. The molecule has 0 saturated carbocycles. The van der Waals surface area contributed by atoms with Crippen LogP contribution in [0.25, 0.3) is 0 Å². The predicted octanol–water partition coefficient (Wildman–Crippen LogP) is 2.37. The highest BCUT2D eigenvalue weighted by molar-refractivity contribution is 6.30. The molecule has 0 spiro atoms. The molecule has 2 aromatic rings. The van der Waals surface area contributed by atoms with E-state index in [9.17, 15) is 15.0 Å². The first kappa shape index (κ1) is 20.5. The summed E-state index contributed by atoms with van der Waals surface area (Å²) in [6.45, 7) is 1.34. The zero-order chi connectivity index (χ0) is 20.3. The Morgan fingerprint density at radius 2 is 1.96 bits per heavy atom. The number of halogens is 1. The van der Waals surface area contributed by atoms with Crippen LogP contribution in [0.1, 0.15) is 28.4 Å². The summed E-state index contributed by atoms with van der Waals surface area (Å²) < 4.78 is 11.7. The lowest BCUT2D eigenvalue weighted by Gasteiger charge is -2.24. The van der Waals surface area contributed by atoms with Crippen LogP contribution in [-0.4, -0.2) is 48.1 Å². The highest BCUT2D eigenvalue weighted by Crippen LogP contribution is 2.44. The number of amides is 1. The highest BCUT2D eigenvalue weighted by atomic mass is 35.5. The smallest absolute Gasteiger partial charge is 0.251 e. The van der Waals surface area contributed by atoms with E-state index in [1.165, 1.54) is 7.11 Å². The third kappa shape index (κ3) is 4.41. The summed E-state index contributed by atoms with van der Waals surface area (Å²) in [5.74, 6) is 0.726. The van der Waals surface area contributed by atoms with Crippen LogP contribution in [0.4, 0.5) is 0 Å². The van der Waals surface area contributed by atoms with Gasteiger partial charge in [0.1, 0.15) is 5.60 Å². The Hall–Kier alpha value is -2.28. The van der Waals surface area contributed by atoms with Gasteiger partial charge in [0.2, 0.25) is 0 Å². The van der Waals surface area contributed by atoms with Gasteiger partial charge in [-0.05, 0) is 36.8 Å². The third-order valence-corrected chi connectivity index (χ3v) is 5.05. The van der Waals surface area contributed by atoms with Gasteiger partial charge in [0.05, 0.1) is 26.4 Å². The Labute approximate surface area is 169 Å². The molecule has 1 aliphatic heterocycles. The molecule has 0 fully saturated rings. The van der Waals surface area contributed by atoms with Crippen molar-refractivity contribution < 1.29 is 24.5 Å². The molecule has 0 bridgehead atoms. The number of rotatable bonds is 7. The molecule has 2 aromatic carbocycles. The second-order valence-electron chi connectivity index (χ2n) is 7.23. The maximum atomic E-state index is 12.5. The molecule has 7 heteroatoms. The van der Waals surface area contributed by atoms with Crippen LogP contribution in [0.2, 0.25) is 5.02 Å². The van der Waals surface area contributed by atoms with E-state index in [-0.39, 0.29) is 19.1 Å². The van der Waals surface area contributed by atoms with Crippen molar-refractivity contribution in [2.75, 3.05) is 20.3 Å². The van der Waals surface area contributed by atoms with Gasteiger partial charge in [0, 0.05) is 29.0 Å². The lowest BCUT2D eigenvalue weighted by molar-refractivity contribution is 0.0879. The first-order chi connectivity index (χ1) is 13.4. The molecular weight excluding hydrogens is 382 g/mol. The topological polar surface area (TPSA) is 88.0 Å². The van der Waals surface area contributed by atoms with E-state index in [4.69, 9.17) is 21.1 Å². The van der Waals surface area contributed by atoms with Crippen LogP contribution in [0, 0.1) is 0 Å². The second kappa shape index (κ2) is 8.39. The number of aliphatic hydroxyl groups is 2. The zero-order valence-corrected chi connectivity index (χ0v) is 16.6. The summed E-state index contributed by atoms with van der Waals surface area (Å²) in [6.07, 6.45) is 1.30. The number of benzene rings is 2. The number of fused-ring (bicyclic) bond motifs is 1. The molecule has 0 unspecified atom stereocenters. The van der Waals surface area contributed by atoms with Gasteiger partial charge >= 0.3 is 0 Å². The molecule has 0 saturated heterocycles. The van der Waals surface area contributed by atoms with E-state index in [1.807, 2.05) is 31.2 Å². The van der Waals surface area contributed by atoms with E-state index in [0.717, 1.165) is 11.1 Å². The van der Waals surface area contributed by atoms with Gasteiger partial charge < -0.3 is 25.0 Å². The minimum Gasteiger partial charge on any atom is -0.493 e. The van der Waals surface area contributed by atoms with Gasteiger partial charge in [-0.1, -0.05) is 23.7 Å². The molecule has 28 heavy (non-hydrogen) atoms. The quantitative estimate of drug-likeness (QED) is 0.658. The fourth-order valence-corrected chi connectivity index (χ4v) is 3.55. The predicted molar refractivity (Wildman–Crippen MR) is 106 cm³/mol. The van der Waals surface area contributed by atoms with Crippen molar-refractivity contribution in [1.82, 2.24) is 5.32 Å². The molecule has 1 atom stereocenters. The number of hydrogen-bond acceptors (Lipinski definition) is 5. The van der Waals surface area contributed by atoms with Crippen molar-refractivity contribution in [2.24, 2.45) is 0 Å². The van der Waals surface area contributed by atoms with E-state index < -0.39 is 11.6 Å². The number of nitrogens with one attached hydrogen (secondary N) is 1. The molecule has 0 radical (unpaired) electrons. The number of hydrogen-bond donors (Lipinski definition) is 3. The van der Waals surface area contributed by atoms with Crippen LogP contribution in [0.3, 0.4) is 0 Å². The van der Waals surface area contributed by atoms with Gasteiger partial charge in [-0.15, -0.1) is 0 Å². The number of ether oxygens (including phenoxy) is 2. The molecule has 1 aliphatic rings. The molecule has 1 amide bonds. The Bertz CT molecular complexity index is 851. The summed E-state index contributed by atoms with van der Waals surface area (Å²) in [5, 5.41) is 21.6. The summed E-state index contributed by atoms with van der Waals surface area (Å²) in [6, 6.07) is 10.3. The molecular formula is C21H24ClNO5. The lowest BCUT2D eigenvalue weighted by atomic mass is 9.91. The largest absolute Gasteiger partial charge is 0.493 e. The number of aliphatic hydroxyl groups excluding tert-OH is 2. The lowest BCUT2D eigenvalue weighted by Crippen LogP contribution is -2.40. The molecule has 150 valence electrons. The minimum atomic E-state index is -0.710. The van der Waals surface area contributed by atoms with Gasteiger partial charge in [-0.2, -0.15) is 0 Å². The van der Waals surface area contributed by atoms with Crippen molar-refractivity contribution in [3.63, 3.8) is 0 Å². The van der Waals surface area contributed by atoms with E-state index >= 15 is 0 Å². The van der Waals surface area contributed by atoms with Crippen molar-refractivity contribution in [3.8, 4) is 11.5 Å². The normalized spacial score (nSPS) is 17.9. The Balaban J connectivity index is 1.83. The van der Waals surface area contributed by atoms with Crippen LogP contribution in [0.5, 0.6) is 11.5 Å². The maximum Gasteiger partial charge on any atom is 0.251 e. The first-order valence-electron chi connectivity index (χ1n) is 9.04. The Kier molecular flexibility index (Phi) is 6.13. The van der Waals surface area contributed by atoms with E-state index in [2.05, 4.69) is 5.32 Å². The standard InChI is InChI=1S/C21H24ClNO5/c1-21(9-13-3-5-16(22)6-4-13)10-15-7-14(8-18(27-2)19(15)28-21)20(26)23-17(11-24)12-25/h3-8,17,24-25H,9-12H2,1-2H3,(H,23,26)/t21-/m1/s1. The molecule has 3 rings (SSSR count). The third-order valence-electron chi connectivity index (χ3n) is 4.79.